The van der Waals surface area contributed by atoms with Crippen LogP contribution in [0.3, 0.4) is 0 Å². The van der Waals surface area contributed by atoms with Crippen LogP contribution in [-0.2, 0) is 0 Å². The van der Waals surface area contributed by atoms with Gasteiger partial charge in [0.2, 0.25) is 0 Å². The first-order chi connectivity index (χ1) is 4.75. The van der Waals surface area contributed by atoms with Crippen molar-refractivity contribution in [2.45, 2.75) is 0 Å². The molecule has 0 amide bonds. The molecule has 0 aliphatic heterocycles. The first-order valence-electron chi connectivity index (χ1n) is 2.61. The Bertz CT molecular complexity index is 215. The molecule has 0 aliphatic rings. The van der Waals surface area contributed by atoms with Crippen LogP contribution in [0, 0.1) is 7.11 Å². The predicted octanol–water partition coefficient (Wildman–Crippen LogP) is 3.38. The van der Waals surface area contributed by atoms with E-state index in [1.807, 2.05) is 18.2 Å². The average molecular weight is 265 g/mol. The topological polar surface area (TPSA) is 9.23 Å². The average Bonchev–Trinajstić information content (AvgIpc) is 1.88. The predicted molar refractivity (Wildman–Crippen MR) is 47.8 cm³/mol. The molecule has 3 heteroatoms. The van der Waals surface area contributed by atoms with Gasteiger partial charge in [-0.2, -0.15) is 0 Å². The molecule has 0 fully saturated rings. The van der Waals surface area contributed by atoms with Crippen LogP contribution >= 0.6 is 31.9 Å². The van der Waals surface area contributed by atoms with Crippen molar-refractivity contribution >= 4 is 31.9 Å². The lowest BCUT2D eigenvalue weighted by molar-refractivity contribution is 0.467. The Morgan fingerprint density at radius 1 is 1.20 bits per heavy atom. The molecular weight excluding hydrogens is 260 g/mol. The number of halogens is 2. The van der Waals surface area contributed by atoms with Gasteiger partial charge in [0.1, 0.15) is 12.9 Å². The van der Waals surface area contributed by atoms with Gasteiger partial charge in [-0.3, -0.25) is 0 Å². The van der Waals surface area contributed by atoms with Gasteiger partial charge < -0.3 is 4.74 Å². The Morgan fingerprint density at radius 3 is 2.00 bits per heavy atom. The molecule has 0 aromatic heterocycles. The molecule has 1 aromatic rings. The normalized spacial score (nSPS) is 9.50. The van der Waals surface area contributed by atoms with Crippen molar-refractivity contribution in [3.63, 3.8) is 0 Å². The van der Waals surface area contributed by atoms with Crippen molar-refractivity contribution in [2.75, 3.05) is 0 Å². The molecule has 0 spiro atoms. The second-order valence-electron chi connectivity index (χ2n) is 1.70. The lowest BCUT2D eigenvalue weighted by Gasteiger charge is -2.03. The van der Waals surface area contributed by atoms with Crippen molar-refractivity contribution in [3.8, 4) is 5.75 Å². The third kappa shape index (κ3) is 1.52. The Hall–Kier alpha value is -0.0200. The van der Waals surface area contributed by atoms with Gasteiger partial charge in [0.25, 0.3) is 0 Å². The third-order valence-corrected chi connectivity index (χ3v) is 2.31. The summed E-state index contributed by atoms with van der Waals surface area (Å²) in [4.78, 5) is 0. The van der Waals surface area contributed by atoms with E-state index in [1.165, 1.54) is 0 Å². The number of hydrogen-bond acceptors (Lipinski definition) is 1. The van der Waals surface area contributed by atoms with E-state index < -0.39 is 0 Å². The lowest BCUT2D eigenvalue weighted by Crippen LogP contribution is -1.81. The number of rotatable bonds is 1. The number of ether oxygens (including phenoxy) is 1. The molecule has 0 aliphatic carbocycles. The maximum absolute atomic E-state index is 4.83. The Morgan fingerprint density at radius 2 is 1.70 bits per heavy atom. The molecule has 0 bridgehead atoms. The van der Waals surface area contributed by atoms with E-state index in [2.05, 4.69) is 39.0 Å². The van der Waals surface area contributed by atoms with Gasteiger partial charge in [-0.25, -0.2) is 0 Å². The van der Waals surface area contributed by atoms with Crippen molar-refractivity contribution < 1.29 is 4.74 Å². The summed E-state index contributed by atoms with van der Waals surface area (Å²) in [7, 11) is 3.32. The zero-order valence-corrected chi connectivity index (χ0v) is 8.28. The Balaban J connectivity index is 3.17. The van der Waals surface area contributed by atoms with Crippen molar-refractivity contribution in [1.29, 1.82) is 0 Å². The fraction of sp³-hybridized carbons (Fsp3) is 0. The smallest absolute Gasteiger partial charge is 0.147 e. The molecule has 1 rings (SSSR count). The van der Waals surface area contributed by atoms with E-state index in [0.29, 0.717) is 0 Å². The van der Waals surface area contributed by atoms with Gasteiger partial charge in [-0.1, -0.05) is 6.07 Å². The van der Waals surface area contributed by atoms with E-state index in [4.69, 9.17) is 4.74 Å². The molecule has 0 saturated heterocycles. The summed E-state index contributed by atoms with van der Waals surface area (Å²) in [6.45, 7) is 0. The molecule has 0 saturated carbocycles. The molecule has 1 aromatic carbocycles. The molecule has 0 unspecified atom stereocenters. The van der Waals surface area contributed by atoms with Gasteiger partial charge in [0, 0.05) is 0 Å². The third-order valence-electron chi connectivity index (χ3n) is 1.06. The fourth-order valence-electron chi connectivity index (χ4n) is 0.620. The van der Waals surface area contributed by atoms with Crippen molar-refractivity contribution in [2.24, 2.45) is 0 Å². The molecule has 1 nitrogen and oxygen atoms in total. The minimum absolute atomic E-state index is 0.725. The molecule has 0 heterocycles. The van der Waals surface area contributed by atoms with Crippen LogP contribution in [0.2, 0.25) is 0 Å². The molecule has 53 valence electrons. The molecule has 1 radical (unpaired) electrons. The molecule has 0 N–H and O–H groups in total. The zero-order chi connectivity index (χ0) is 7.56. The summed E-state index contributed by atoms with van der Waals surface area (Å²) in [5.41, 5.74) is 0. The van der Waals surface area contributed by atoms with Crippen LogP contribution < -0.4 is 4.74 Å². The van der Waals surface area contributed by atoms with Crippen LogP contribution in [0.15, 0.2) is 27.1 Å². The van der Waals surface area contributed by atoms with Crippen LogP contribution in [0.5, 0.6) is 5.75 Å². The van der Waals surface area contributed by atoms with Gasteiger partial charge in [0.15, 0.2) is 0 Å². The number of para-hydroxylation sites is 1. The maximum Gasteiger partial charge on any atom is 0.147 e. The fourth-order valence-corrected chi connectivity index (χ4v) is 1.85. The van der Waals surface area contributed by atoms with Gasteiger partial charge in [0.05, 0.1) is 8.95 Å². The van der Waals surface area contributed by atoms with E-state index >= 15 is 0 Å². The largest absolute Gasteiger partial charge is 0.488 e. The molecule has 0 atom stereocenters. The van der Waals surface area contributed by atoms with Crippen LogP contribution in [0.4, 0.5) is 0 Å². The van der Waals surface area contributed by atoms with Crippen molar-refractivity contribution in [1.82, 2.24) is 0 Å². The summed E-state index contributed by atoms with van der Waals surface area (Å²) in [6, 6.07) is 5.70. The highest BCUT2D eigenvalue weighted by atomic mass is 79.9. The summed E-state index contributed by atoms with van der Waals surface area (Å²) in [5, 5.41) is 0. The van der Waals surface area contributed by atoms with E-state index in [-0.39, 0.29) is 0 Å². The lowest BCUT2D eigenvalue weighted by atomic mass is 10.3. The molecular formula is C7H5Br2O. The summed E-state index contributed by atoms with van der Waals surface area (Å²) < 4.78 is 6.63. The summed E-state index contributed by atoms with van der Waals surface area (Å²) in [6.07, 6.45) is 0. The van der Waals surface area contributed by atoms with E-state index in [0.717, 1.165) is 14.7 Å². The number of benzene rings is 1. The second-order valence-corrected chi connectivity index (χ2v) is 3.40. The minimum Gasteiger partial charge on any atom is -0.488 e. The van der Waals surface area contributed by atoms with Crippen LogP contribution in [0.25, 0.3) is 0 Å². The monoisotopic (exact) mass is 263 g/mol. The SMILES string of the molecule is [CH2]Oc1c(Br)cccc1Br. The second kappa shape index (κ2) is 3.39. The minimum atomic E-state index is 0.725. The first-order valence-corrected chi connectivity index (χ1v) is 4.20. The standard InChI is InChI=1S/C7H5Br2O/c1-10-7-5(8)3-2-4-6(7)9/h2-4H,1H2. The zero-order valence-electron chi connectivity index (χ0n) is 5.10. The van der Waals surface area contributed by atoms with Crippen LogP contribution in [0.1, 0.15) is 0 Å². The molecule has 10 heavy (non-hydrogen) atoms. The maximum atomic E-state index is 4.83. The van der Waals surface area contributed by atoms with Gasteiger partial charge in [-0.15, -0.1) is 0 Å². The number of hydrogen-bond donors (Lipinski definition) is 0. The summed E-state index contributed by atoms with van der Waals surface area (Å²) in [5.74, 6) is 0.725. The van der Waals surface area contributed by atoms with Crippen molar-refractivity contribution in [3.05, 3.63) is 34.3 Å². The highest BCUT2D eigenvalue weighted by Gasteiger charge is 2.01. The first kappa shape index (κ1) is 8.08. The van der Waals surface area contributed by atoms with Gasteiger partial charge >= 0.3 is 0 Å². The Labute approximate surface area is 76.6 Å². The van der Waals surface area contributed by atoms with E-state index in [1.54, 1.807) is 0 Å². The Kier molecular flexibility index (Phi) is 2.74. The summed E-state index contributed by atoms with van der Waals surface area (Å²) >= 11 is 6.62. The highest BCUT2D eigenvalue weighted by molar-refractivity contribution is 9.11. The van der Waals surface area contributed by atoms with Crippen LogP contribution in [-0.4, -0.2) is 0 Å². The quantitative estimate of drug-likeness (QED) is 0.756. The van der Waals surface area contributed by atoms with Gasteiger partial charge in [-0.05, 0) is 44.0 Å². The van der Waals surface area contributed by atoms with E-state index in [9.17, 15) is 0 Å². The highest BCUT2D eigenvalue weighted by Crippen LogP contribution is 2.32.